The predicted octanol–water partition coefficient (Wildman–Crippen LogP) is 4.07. The quantitative estimate of drug-likeness (QED) is 0.654. The average Bonchev–Trinajstić information content (AvgIpc) is 3.54. The van der Waals surface area contributed by atoms with Crippen LogP contribution in [0.15, 0.2) is 54.6 Å². The van der Waals surface area contributed by atoms with Crippen LogP contribution >= 0.6 is 0 Å². The number of carbonyl (C=O) groups is 1. The van der Waals surface area contributed by atoms with Gasteiger partial charge in [0.15, 0.2) is 0 Å². The summed E-state index contributed by atoms with van der Waals surface area (Å²) in [6, 6.07) is 18.2. The maximum atomic E-state index is 14.4. The molecule has 160 valence electrons. The summed E-state index contributed by atoms with van der Waals surface area (Å²) >= 11 is 0. The van der Waals surface area contributed by atoms with Gasteiger partial charge in [0, 0.05) is 25.0 Å². The van der Waals surface area contributed by atoms with Gasteiger partial charge in [-0.15, -0.1) is 0 Å². The van der Waals surface area contributed by atoms with Crippen LogP contribution in [0.1, 0.15) is 42.7 Å². The lowest BCUT2D eigenvalue weighted by molar-refractivity contribution is -0.137. The molecule has 1 saturated heterocycles. The fraction of sp³-hybridized carbons (Fsp3) is 0.480. The number of hydrogen-bond donors (Lipinski definition) is 2. The molecule has 0 spiro atoms. The van der Waals surface area contributed by atoms with Gasteiger partial charge < -0.3 is 15.3 Å². The van der Waals surface area contributed by atoms with Crippen molar-refractivity contribution < 1.29 is 14.3 Å². The first-order valence-corrected chi connectivity index (χ1v) is 11.0. The van der Waals surface area contributed by atoms with Crippen LogP contribution in [0, 0.1) is 11.2 Å². The number of carboxylic acid groups (broad SMARTS) is 1. The molecule has 30 heavy (non-hydrogen) atoms. The Balaban J connectivity index is 1.39. The Morgan fingerprint density at radius 3 is 2.50 bits per heavy atom. The molecular formula is C25H31FN2O2. The topological polar surface area (TPSA) is 52.6 Å². The monoisotopic (exact) mass is 410 g/mol. The number of benzene rings is 2. The van der Waals surface area contributed by atoms with Gasteiger partial charge in [-0.1, -0.05) is 48.5 Å². The second-order valence-electron chi connectivity index (χ2n) is 8.99. The van der Waals surface area contributed by atoms with Gasteiger partial charge in [-0.2, -0.15) is 0 Å². The van der Waals surface area contributed by atoms with E-state index in [-0.39, 0.29) is 17.7 Å². The number of rotatable bonds is 9. The Labute approximate surface area is 178 Å². The molecule has 1 aliphatic heterocycles. The van der Waals surface area contributed by atoms with Crippen molar-refractivity contribution in [2.24, 2.45) is 5.41 Å². The van der Waals surface area contributed by atoms with Crippen molar-refractivity contribution in [2.75, 3.05) is 26.2 Å². The van der Waals surface area contributed by atoms with Crippen molar-refractivity contribution in [2.45, 2.75) is 44.1 Å². The van der Waals surface area contributed by atoms with Gasteiger partial charge in [-0.3, -0.25) is 4.79 Å². The van der Waals surface area contributed by atoms with Gasteiger partial charge in [-0.25, -0.2) is 4.39 Å². The van der Waals surface area contributed by atoms with E-state index in [0.717, 1.165) is 50.9 Å². The molecule has 1 saturated carbocycles. The minimum Gasteiger partial charge on any atom is -0.481 e. The van der Waals surface area contributed by atoms with Crippen molar-refractivity contribution >= 4 is 5.97 Å². The minimum absolute atomic E-state index is 0.00570. The van der Waals surface area contributed by atoms with Crippen molar-refractivity contribution in [3.8, 4) is 0 Å². The van der Waals surface area contributed by atoms with Crippen molar-refractivity contribution in [1.29, 1.82) is 0 Å². The lowest BCUT2D eigenvalue weighted by Crippen LogP contribution is -2.47. The molecule has 1 heterocycles. The van der Waals surface area contributed by atoms with E-state index in [9.17, 15) is 9.18 Å². The van der Waals surface area contributed by atoms with Crippen molar-refractivity contribution in [3.05, 3.63) is 71.5 Å². The van der Waals surface area contributed by atoms with E-state index in [1.807, 2.05) is 12.1 Å². The molecule has 5 heteroatoms. The Kier molecular flexibility index (Phi) is 6.49. The molecule has 2 aliphatic rings. The summed E-state index contributed by atoms with van der Waals surface area (Å²) in [7, 11) is 0. The zero-order chi connectivity index (χ0) is 21.0. The van der Waals surface area contributed by atoms with Gasteiger partial charge >= 0.3 is 5.97 Å². The SMILES string of the molecule is O=C(O)CCN1CCC(CN[C@@H]2C[C@@H]2c2ccccc2)(Cc2ccccc2F)CC1. The molecule has 0 radical (unpaired) electrons. The maximum absolute atomic E-state index is 14.4. The van der Waals surface area contributed by atoms with Gasteiger partial charge in [0.2, 0.25) is 0 Å². The third-order valence-corrected chi connectivity index (χ3v) is 6.84. The Morgan fingerprint density at radius 2 is 1.80 bits per heavy atom. The number of halogens is 1. The van der Waals surface area contributed by atoms with Crippen LogP contribution in [-0.4, -0.2) is 48.2 Å². The normalized spacial score (nSPS) is 23.2. The van der Waals surface area contributed by atoms with E-state index < -0.39 is 5.97 Å². The van der Waals surface area contributed by atoms with E-state index in [4.69, 9.17) is 5.11 Å². The van der Waals surface area contributed by atoms with Crippen LogP contribution in [0.5, 0.6) is 0 Å². The van der Waals surface area contributed by atoms with E-state index in [2.05, 4.69) is 40.5 Å². The lowest BCUT2D eigenvalue weighted by Gasteiger charge is -2.42. The number of aliphatic carboxylic acids is 1. The van der Waals surface area contributed by atoms with E-state index in [1.165, 1.54) is 5.56 Å². The average molecular weight is 411 g/mol. The summed E-state index contributed by atoms with van der Waals surface area (Å²) in [6.45, 7) is 3.21. The number of hydrogen-bond acceptors (Lipinski definition) is 3. The van der Waals surface area contributed by atoms with Crippen LogP contribution in [0.4, 0.5) is 4.39 Å². The van der Waals surface area contributed by atoms with Crippen LogP contribution in [0.3, 0.4) is 0 Å². The molecule has 4 rings (SSSR count). The summed E-state index contributed by atoms with van der Waals surface area (Å²) in [5, 5.41) is 12.8. The molecular weight excluding hydrogens is 379 g/mol. The predicted molar refractivity (Wildman–Crippen MR) is 116 cm³/mol. The van der Waals surface area contributed by atoms with Crippen LogP contribution in [-0.2, 0) is 11.2 Å². The van der Waals surface area contributed by atoms with Crippen LogP contribution in [0.2, 0.25) is 0 Å². The fourth-order valence-electron chi connectivity index (χ4n) is 4.80. The third-order valence-electron chi connectivity index (χ3n) is 6.84. The molecule has 0 unspecified atom stereocenters. The van der Waals surface area contributed by atoms with Crippen molar-refractivity contribution in [3.63, 3.8) is 0 Å². The zero-order valence-electron chi connectivity index (χ0n) is 17.4. The number of carboxylic acids is 1. The van der Waals surface area contributed by atoms with Crippen molar-refractivity contribution in [1.82, 2.24) is 10.2 Å². The fourth-order valence-corrected chi connectivity index (χ4v) is 4.80. The number of nitrogens with zero attached hydrogens (tertiary/aromatic N) is 1. The molecule has 0 aromatic heterocycles. The van der Waals surface area contributed by atoms with Gasteiger partial charge in [0.05, 0.1) is 6.42 Å². The van der Waals surface area contributed by atoms with Crippen LogP contribution < -0.4 is 5.32 Å². The first kappa shape index (κ1) is 21.0. The molecule has 2 aromatic rings. The molecule has 1 aliphatic carbocycles. The minimum atomic E-state index is -0.749. The molecule has 2 aromatic carbocycles. The van der Waals surface area contributed by atoms with Gasteiger partial charge in [0.1, 0.15) is 5.82 Å². The Hall–Kier alpha value is -2.24. The Morgan fingerprint density at radius 1 is 1.10 bits per heavy atom. The highest BCUT2D eigenvalue weighted by Gasteiger charge is 2.41. The molecule has 2 atom stereocenters. The van der Waals surface area contributed by atoms with Gasteiger partial charge in [0.25, 0.3) is 0 Å². The van der Waals surface area contributed by atoms with E-state index >= 15 is 0 Å². The highest BCUT2D eigenvalue weighted by molar-refractivity contribution is 5.66. The van der Waals surface area contributed by atoms with Crippen LogP contribution in [0.25, 0.3) is 0 Å². The summed E-state index contributed by atoms with van der Waals surface area (Å²) in [4.78, 5) is 13.1. The highest BCUT2D eigenvalue weighted by Crippen LogP contribution is 2.42. The summed E-state index contributed by atoms with van der Waals surface area (Å²) in [5.41, 5.74) is 2.18. The highest BCUT2D eigenvalue weighted by atomic mass is 19.1. The molecule has 4 nitrogen and oxygen atoms in total. The summed E-state index contributed by atoms with van der Waals surface area (Å²) in [6.07, 6.45) is 3.97. The first-order valence-electron chi connectivity index (χ1n) is 11.0. The van der Waals surface area contributed by atoms with E-state index in [1.54, 1.807) is 12.1 Å². The number of piperidine rings is 1. The number of nitrogens with one attached hydrogen (secondary N) is 1. The largest absolute Gasteiger partial charge is 0.481 e. The van der Waals surface area contributed by atoms with E-state index in [0.29, 0.717) is 18.5 Å². The standard InChI is InChI=1S/C25H31FN2O2/c26-22-9-5-4-8-20(22)17-25(11-14-28(15-12-25)13-10-24(29)30)18-27-23-16-21(23)19-6-2-1-3-7-19/h1-9,21,23,27H,10-18H2,(H,29,30)/t21-,23-/m1/s1. The smallest absolute Gasteiger partial charge is 0.304 e. The number of likely N-dealkylation sites (tertiary alicyclic amines) is 1. The zero-order valence-corrected chi connectivity index (χ0v) is 17.4. The molecule has 0 bridgehead atoms. The lowest BCUT2D eigenvalue weighted by atomic mass is 9.73. The molecule has 0 amide bonds. The third kappa shape index (κ3) is 5.27. The summed E-state index contributed by atoms with van der Waals surface area (Å²) in [5.74, 6) is -0.299. The molecule has 2 N–H and O–H groups in total. The maximum Gasteiger partial charge on any atom is 0.304 e. The molecule has 2 fully saturated rings. The second-order valence-corrected chi connectivity index (χ2v) is 8.99. The summed E-state index contributed by atoms with van der Waals surface area (Å²) < 4.78 is 14.4. The van der Waals surface area contributed by atoms with Gasteiger partial charge in [-0.05, 0) is 61.4 Å². The Bertz CT molecular complexity index is 849. The second kappa shape index (κ2) is 9.27. The first-order chi connectivity index (χ1) is 14.5.